The summed E-state index contributed by atoms with van der Waals surface area (Å²) < 4.78 is 7.60. The number of anilines is 2. The average molecular weight is 338 g/mol. The summed E-state index contributed by atoms with van der Waals surface area (Å²) in [7, 11) is 0. The average Bonchev–Trinajstić information content (AvgIpc) is 3.10. The fourth-order valence-electron chi connectivity index (χ4n) is 3.31. The van der Waals surface area contributed by atoms with Crippen LogP contribution in [0.2, 0.25) is 0 Å². The predicted octanol–water partition coefficient (Wildman–Crippen LogP) is 2.16. The molecule has 3 aromatic rings. The van der Waals surface area contributed by atoms with E-state index in [1.807, 2.05) is 30.5 Å². The van der Waals surface area contributed by atoms with Crippen molar-refractivity contribution in [2.24, 2.45) is 0 Å². The highest BCUT2D eigenvalue weighted by atomic mass is 16.5. The van der Waals surface area contributed by atoms with Gasteiger partial charge in [-0.05, 0) is 26.0 Å². The third-order valence-corrected chi connectivity index (χ3v) is 4.47. The number of piperazine rings is 1. The van der Waals surface area contributed by atoms with Crippen LogP contribution in [0.15, 0.2) is 36.7 Å². The Morgan fingerprint density at radius 3 is 2.64 bits per heavy atom. The Labute approximate surface area is 146 Å². The van der Waals surface area contributed by atoms with Crippen molar-refractivity contribution in [1.82, 2.24) is 19.6 Å². The first kappa shape index (κ1) is 15.7. The maximum atomic E-state index is 5.78. The van der Waals surface area contributed by atoms with Crippen molar-refractivity contribution >= 4 is 17.3 Å². The predicted molar refractivity (Wildman–Crippen MR) is 97.6 cm³/mol. The van der Waals surface area contributed by atoms with Crippen LogP contribution in [-0.2, 0) is 0 Å². The maximum Gasteiger partial charge on any atom is 0.254 e. The molecule has 0 spiro atoms. The molecule has 1 aromatic carbocycles. The Bertz CT molecular complexity index is 869. The second-order valence-electron chi connectivity index (χ2n) is 6.10. The molecule has 0 amide bonds. The molecule has 25 heavy (non-hydrogen) atoms. The molecule has 7 nitrogen and oxygen atoms in total. The number of benzene rings is 1. The zero-order chi connectivity index (χ0) is 17.2. The van der Waals surface area contributed by atoms with E-state index in [0.29, 0.717) is 12.4 Å². The van der Waals surface area contributed by atoms with Crippen molar-refractivity contribution in [2.75, 3.05) is 42.6 Å². The summed E-state index contributed by atoms with van der Waals surface area (Å²) in [4.78, 5) is 13.4. The van der Waals surface area contributed by atoms with Gasteiger partial charge in [-0.25, -0.2) is 4.98 Å². The van der Waals surface area contributed by atoms with Crippen molar-refractivity contribution in [1.29, 1.82) is 0 Å². The number of aromatic nitrogens is 4. The van der Waals surface area contributed by atoms with Gasteiger partial charge in [0.05, 0.1) is 12.3 Å². The largest absolute Gasteiger partial charge is 0.492 e. The van der Waals surface area contributed by atoms with Crippen molar-refractivity contribution in [3.63, 3.8) is 0 Å². The second kappa shape index (κ2) is 6.58. The van der Waals surface area contributed by atoms with Crippen LogP contribution in [0.4, 0.5) is 11.5 Å². The highest BCUT2D eigenvalue weighted by Crippen LogP contribution is 2.29. The van der Waals surface area contributed by atoms with Gasteiger partial charge in [0.25, 0.3) is 5.78 Å². The molecule has 0 unspecified atom stereocenters. The van der Waals surface area contributed by atoms with Gasteiger partial charge in [0, 0.05) is 37.9 Å². The number of nitrogens with zero attached hydrogens (tertiary/aromatic N) is 6. The van der Waals surface area contributed by atoms with Crippen molar-refractivity contribution < 1.29 is 4.74 Å². The first-order valence-corrected chi connectivity index (χ1v) is 8.65. The van der Waals surface area contributed by atoms with Crippen LogP contribution in [0.5, 0.6) is 5.75 Å². The van der Waals surface area contributed by atoms with Crippen LogP contribution in [0.25, 0.3) is 5.78 Å². The van der Waals surface area contributed by atoms with Crippen LogP contribution in [0, 0.1) is 6.92 Å². The lowest BCUT2D eigenvalue weighted by Crippen LogP contribution is -2.47. The Morgan fingerprint density at radius 1 is 1.08 bits per heavy atom. The molecular weight excluding hydrogens is 316 g/mol. The van der Waals surface area contributed by atoms with Gasteiger partial charge < -0.3 is 14.5 Å². The number of rotatable bonds is 4. The molecular formula is C18H22N6O. The van der Waals surface area contributed by atoms with E-state index in [4.69, 9.17) is 4.74 Å². The van der Waals surface area contributed by atoms with E-state index in [1.54, 1.807) is 6.33 Å². The van der Waals surface area contributed by atoms with E-state index in [9.17, 15) is 0 Å². The summed E-state index contributed by atoms with van der Waals surface area (Å²) in [5.74, 6) is 2.66. The Hall–Kier alpha value is -2.83. The van der Waals surface area contributed by atoms with Gasteiger partial charge in [0.1, 0.15) is 17.9 Å². The summed E-state index contributed by atoms with van der Waals surface area (Å²) in [5.41, 5.74) is 2.13. The first-order valence-electron chi connectivity index (χ1n) is 8.65. The van der Waals surface area contributed by atoms with E-state index in [2.05, 4.69) is 43.1 Å². The number of aryl methyl sites for hydroxylation is 1. The molecule has 0 radical (unpaired) electrons. The van der Waals surface area contributed by atoms with E-state index in [-0.39, 0.29) is 0 Å². The van der Waals surface area contributed by atoms with E-state index < -0.39 is 0 Å². The molecule has 0 bridgehead atoms. The van der Waals surface area contributed by atoms with Crippen molar-refractivity contribution in [3.8, 4) is 5.75 Å². The minimum atomic E-state index is 0.652. The Kier molecular flexibility index (Phi) is 4.13. The third-order valence-electron chi connectivity index (χ3n) is 4.47. The molecule has 0 atom stereocenters. The number of hydrogen-bond donors (Lipinski definition) is 0. The molecule has 7 heteroatoms. The van der Waals surface area contributed by atoms with E-state index in [0.717, 1.165) is 43.4 Å². The third kappa shape index (κ3) is 2.97. The van der Waals surface area contributed by atoms with Crippen LogP contribution >= 0.6 is 0 Å². The summed E-state index contributed by atoms with van der Waals surface area (Å²) in [6.45, 7) is 8.38. The fraction of sp³-hybridized carbons (Fsp3) is 0.389. The quantitative estimate of drug-likeness (QED) is 0.726. The van der Waals surface area contributed by atoms with Gasteiger partial charge in [-0.2, -0.15) is 14.6 Å². The monoisotopic (exact) mass is 338 g/mol. The zero-order valence-corrected chi connectivity index (χ0v) is 14.6. The van der Waals surface area contributed by atoms with Gasteiger partial charge in [0.15, 0.2) is 0 Å². The summed E-state index contributed by atoms with van der Waals surface area (Å²) in [5, 5.41) is 4.32. The summed E-state index contributed by atoms with van der Waals surface area (Å²) >= 11 is 0. The second-order valence-corrected chi connectivity index (χ2v) is 6.10. The summed E-state index contributed by atoms with van der Waals surface area (Å²) in [6, 6.07) is 10.3. The Morgan fingerprint density at radius 2 is 1.84 bits per heavy atom. The lowest BCUT2D eigenvalue weighted by Gasteiger charge is -2.37. The van der Waals surface area contributed by atoms with Gasteiger partial charge in [-0.1, -0.05) is 12.1 Å². The summed E-state index contributed by atoms with van der Waals surface area (Å²) in [6.07, 6.45) is 1.56. The van der Waals surface area contributed by atoms with Gasteiger partial charge in [-0.3, -0.25) is 0 Å². The lowest BCUT2D eigenvalue weighted by molar-refractivity contribution is 0.340. The molecule has 0 saturated carbocycles. The maximum absolute atomic E-state index is 5.78. The molecule has 4 rings (SSSR count). The van der Waals surface area contributed by atoms with Gasteiger partial charge in [-0.15, -0.1) is 0 Å². The molecule has 2 aromatic heterocycles. The molecule has 1 aliphatic heterocycles. The topological polar surface area (TPSA) is 58.8 Å². The highest BCUT2D eigenvalue weighted by Gasteiger charge is 2.22. The molecule has 0 aliphatic carbocycles. The molecule has 1 fully saturated rings. The van der Waals surface area contributed by atoms with Crippen molar-refractivity contribution in [2.45, 2.75) is 13.8 Å². The Balaban J connectivity index is 1.54. The normalized spacial score (nSPS) is 15.0. The SMILES string of the molecule is CCOc1ccccc1N1CCN(c2cc(C)nc3ncnn23)CC1. The van der Waals surface area contributed by atoms with E-state index in [1.165, 1.54) is 5.69 Å². The number of fused-ring (bicyclic) bond motifs is 1. The van der Waals surface area contributed by atoms with Crippen LogP contribution in [-0.4, -0.2) is 52.4 Å². The fourth-order valence-corrected chi connectivity index (χ4v) is 3.31. The van der Waals surface area contributed by atoms with Crippen LogP contribution in [0.1, 0.15) is 12.6 Å². The highest BCUT2D eigenvalue weighted by molar-refractivity contribution is 5.60. The van der Waals surface area contributed by atoms with Crippen LogP contribution < -0.4 is 14.5 Å². The standard InChI is InChI=1S/C18H22N6O/c1-3-25-16-7-5-4-6-15(16)22-8-10-23(11-9-22)17-12-14(2)21-18-19-13-20-24(17)18/h4-7,12-13H,3,8-11H2,1-2H3. The minimum absolute atomic E-state index is 0.652. The van der Waals surface area contributed by atoms with Gasteiger partial charge in [0.2, 0.25) is 0 Å². The minimum Gasteiger partial charge on any atom is -0.492 e. The molecule has 1 aliphatic rings. The molecule has 3 heterocycles. The number of para-hydroxylation sites is 2. The molecule has 0 N–H and O–H groups in total. The lowest BCUT2D eigenvalue weighted by atomic mass is 10.2. The first-order chi connectivity index (χ1) is 12.3. The number of hydrogen-bond acceptors (Lipinski definition) is 6. The smallest absolute Gasteiger partial charge is 0.254 e. The van der Waals surface area contributed by atoms with Crippen molar-refractivity contribution in [3.05, 3.63) is 42.4 Å². The zero-order valence-electron chi connectivity index (χ0n) is 14.6. The van der Waals surface area contributed by atoms with Crippen LogP contribution in [0.3, 0.4) is 0 Å². The van der Waals surface area contributed by atoms with E-state index >= 15 is 0 Å². The van der Waals surface area contributed by atoms with Gasteiger partial charge >= 0.3 is 0 Å². The number of ether oxygens (including phenoxy) is 1. The molecule has 1 saturated heterocycles. The molecule has 130 valence electrons.